The van der Waals surface area contributed by atoms with Crippen LogP contribution in [0.4, 0.5) is 5.69 Å². The molecular weight excluding hydrogens is 360 g/mol. The van der Waals surface area contributed by atoms with Gasteiger partial charge in [-0.05, 0) is 79.6 Å². The van der Waals surface area contributed by atoms with E-state index in [1.807, 2.05) is 12.1 Å². The molecule has 4 aromatic rings. The number of fused-ring (bicyclic) bond motifs is 1. The zero-order chi connectivity index (χ0) is 19.0. The fourth-order valence-corrected chi connectivity index (χ4v) is 2.93. The van der Waals surface area contributed by atoms with Crippen LogP contribution in [0.2, 0.25) is 5.02 Å². The van der Waals surface area contributed by atoms with Gasteiger partial charge in [-0.25, -0.2) is 4.98 Å². The Balaban J connectivity index is 1.61. The molecule has 0 spiro atoms. The van der Waals surface area contributed by atoms with Crippen molar-refractivity contribution in [3.05, 3.63) is 82.4 Å². The zero-order valence-electron chi connectivity index (χ0n) is 14.9. The number of nitrogens with zero attached hydrogens (tertiary/aromatic N) is 1. The zero-order valence-corrected chi connectivity index (χ0v) is 15.7. The lowest BCUT2D eigenvalue weighted by Crippen LogP contribution is -2.11. The third kappa shape index (κ3) is 3.57. The van der Waals surface area contributed by atoms with E-state index in [1.165, 1.54) is 11.1 Å². The number of aryl methyl sites for hydroxylation is 2. The summed E-state index contributed by atoms with van der Waals surface area (Å²) in [7, 11) is 0. The Kier molecular flexibility index (Phi) is 4.42. The van der Waals surface area contributed by atoms with Crippen LogP contribution < -0.4 is 5.32 Å². The van der Waals surface area contributed by atoms with Gasteiger partial charge in [-0.15, -0.1) is 0 Å². The lowest BCUT2D eigenvalue weighted by molar-refractivity contribution is 0.102. The summed E-state index contributed by atoms with van der Waals surface area (Å²) < 4.78 is 5.87. The third-order valence-electron chi connectivity index (χ3n) is 4.51. The number of carbonyl (C=O) groups excluding carboxylic acids is 1. The normalized spacial score (nSPS) is 10.9. The first-order valence-corrected chi connectivity index (χ1v) is 8.92. The minimum Gasteiger partial charge on any atom is -0.436 e. The molecule has 0 unspecified atom stereocenters. The van der Waals surface area contributed by atoms with Gasteiger partial charge in [-0.3, -0.25) is 4.79 Å². The molecule has 0 fully saturated rings. The molecule has 1 aromatic heterocycles. The number of aromatic nitrogens is 1. The van der Waals surface area contributed by atoms with Gasteiger partial charge in [0.15, 0.2) is 5.58 Å². The molecule has 0 saturated heterocycles. The highest BCUT2D eigenvalue weighted by Gasteiger charge is 2.11. The van der Waals surface area contributed by atoms with Gasteiger partial charge in [0.05, 0.1) is 0 Å². The van der Waals surface area contributed by atoms with Crippen LogP contribution in [0.1, 0.15) is 21.5 Å². The van der Waals surface area contributed by atoms with Gasteiger partial charge in [0.1, 0.15) is 5.52 Å². The van der Waals surface area contributed by atoms with Crippen LogP contribution in [-0.2, 0) is 0 Å². The van der Waals surface area contributed by atoms with E-state index >= 15 is 0 Å². The molecule has 0 radical (unpaired) electrons. The first-order valence-electron chi connectivity index (χ1n) is 8.55. The maximum absolute atomic E-state index is 12.4. The Morgan fingerprint density at radius 2 is 1.74 bits per heavy atom. The van der Waals surface area contributed by atoms with E-state index in [4.69, 9.17) is 16.0 Å². The van der Waals surface area contributed by atoms with Crippen molar-refractivity contribution < 1.29 is 9.21 Å². The number of hydrogen-bond donors (Lipinski definition) is 1. The topological polar surface area (TPSA) is 55.1 Å². The van der Waals surface area contributed by atoms with Gasteiger partial charge < -0.3 is 9.73 Å². The number of halogens is 1. The highest BCUT2D eigenvalue weighted by molar-refractivity contribution is 6.30. The van der Waals surface area contributed by atoms with Gasteiger partial charge in [-0.1, -0.05) is 17.7 Å². The van der Waals surface area contributed by atoms with E-state index in [1.54, 1.807) is 36.4 Å². The number of nitrogens with one attached hydrogen (secondary N) is 1. The van der Waals surface area contributed by atoms with Crippen LogP contribution in [0.3, 0.4) is 0 Å². The summed E-state index contributed by atoms with van der Waals surface area (Å²) in [5, 5.41) is 3.46. The van der Waals surface area contributed by atoms with Crippen molar-refractivity contribution in [2.45, 2.75) is 13.8 Å². The van der Waals surface area contributed by atoms with Crippen LogP contribution in [-0.4, -0.2) is 10.9 Å². The quantitative estimate of drug-likeness (QED) is 0.475. The minimum atomic E-state index is -0.205. The van der Waals surface area contributed by atoms with Gasteiger partial charge in [0.25, 0.3) is 5.91 Å². The summed E-state index contributed by atoms with van der Waals surface area (Å²) in [6.07, 6.45) is 0. The van der Waals surface area contributed by atoms with Gasteiger partial charge in [0.2, 0.25) is 5.89 Å². The molecule has 1 amide bonds. The van der Waals surface area contributed by atoms with Crippen LogP contribution in [0.5, 0.6) is 0 Å². The van der Waals surface area contributed by atoms with E-state index in [0.29, 0.717) is 33.3 Å². The van der Waals surface area contributed by atoms with Crippen molar-refractivity contribution in [3.8, 4) is 11.5 Å². The van der Waals surface area contributed by atoms with Crippen molar-refractivity contribution >= 4 is 34.3 Å². The van der Waals surface area contributed by atoms with Gasteiger partial charge >= 0.3 is 0 Å². The molecule has 0 bridgehead atoms. The van der Waals surface area contributed by atoms with E-state index < -0.39 is 0 Å². The smallest absolute Gasteiger partial charge is 0.255 e. The van der Waals surface area contributed by atoms with Crippen molar-refractivity contribution in [3.63, 3.8) is 0 Å². The second kappa shape index (κ2) is 6.89. The number of benzene rings is 3. The van der Waals surface area contributed by atoms with E-state index in [9.17, 15) is 4.79 Å². The number of hydrogen-bond acceptors (Lipinski definition) is 3. The van der Waals surface area contributed by atoms with Crippen LogP contribution >= 0.6 is 11.6 Å². The Labute approximate surface area is 161 Å². The minimum absolute atomic E-state index is 0.205. The Morgan fingerprint density at radius 3 is 2.48 bits per heavy atom. The molecule has 4 nitrogen and oxygen atoms in total. The Morgan fingerprint density at radius 1 is 0.963 bits per heavy atom. The standard InChI is InChI=1S/C22H17ClN2O2/c1-13-3-4-16(11-14(13)2)22-25-19-12-18(9-10-20(19)27-22)24-21(26)15-5-7-17(23)8-6-15/h3-12H,1-2H3,(H,24,26). The molecule has 4 rings (SSSR count). The summed E-state index contributed by atoms with van der Waals surface area (Å²) in [6.45, 7) is 4.13. The highest BCUT2D eigenvalue weighted by Crippen LogP contribution is 2.27. The third-order valence-corrected chi connectivity index (χ3v) is 4.76. The second-order valence-electron chi connectivity index (χ2n) is 6.46. The van der Waals surface area contributed by atoms with Crippen molar-refractivity contribution in [2.24, 2.45) is 0 Å². The summed E-state index contributed by atoms with van der Waals surface area (Å²) in [5.74, 6) is 0.359. The molecule has 5 heteroatoms. The molecule has 3 aromatic carbocycles. The highest BCUT2D eigenvalue weighted by atomic mass is 35.5. The average molecular weight is 377 g/mol. The van der Waals surface area contributed by atoms with Gasteiger partial charge in [-0.2, -0.15) is 0 Å². The lowest BCUT2D eigenvalue weighted by atomic mass is 10.1. The first-order chi connectivity index (χ1) is 13.0. The molecule has 1 heterocycles. The molecule has 0 aliphatic heterocycles. The molecule has 0 atom stereocenters. The average Bonchev–Trinajstić information content (AvgIpc) is 3.08. The lowest BCUT2D eigenvalue weighted by Gasteiger charge is -2.05. The number of amides is 1. The maximum atomic E-state index is 12.4. The largest absolute Gasteiger partial charge is 0.436 e. The van der Waals surface area contributed by atoms with Crippen molar-refractivity contribution in [2.75, 3.05) is 5.32 Å². The molecule has 0 aliphatic carbocycles. The summed E-state index contributed by atoms with van der Waals surface area (Å²) >= 11 is 5.86. The number of rotatable bonds is 3. The number of oxazole rings is 1. The summed E-state index contributed by atoms with van der Waals surface area (Å²) in [4.78, 5) is 16.9. The molecule has 27 heavy (non-hydrogen) atoms. The summed E-state index contributed by atoms with van der Waals surface area (Å²) in [6, 6.07) is 18.3. The van der Waals surface area contributed by atoms with E-state index in [2.05, 4.69) is 36.3 Å². The maximum Gasteiger partial charge on any atom is 0.255 e. The van der Waals surface area contributed by atoms with Crippen LogP contribution in [0.25, 0.3) is 22.6 Å². The van der Waals surface area contributed by atoms with Crippen LogP contribution in [0, 0.1) is 13.8 Å². The molecular formula is C22H17ClN2O2. The fraction of sp³-hybridized carbons (Fsp3) is 0.0909. The molecule has 1 N–H and O–H groups in total. The predicted octanol–water partition coefficient (Wildman–Crippen LogP) is 6.02. The number of carbonyl (C=O) groups is 1. The van der Waals surface area contributed by atoms with Crippen LogP contribution in [0.15, 0.2) is 65.1 Å². The van der Waals surface area contributed by atoms with E-state index in [0.717, 1.165) is 5.56 Å². The molecule has 0 aliphatic rings. The summed E-state index contributed by atoms with van der Waals surface area (Å²) in [5.41, 5.74) is 5.90. The fourth-order valence-electron chi connectivity index (χ4n) is 2.81. The predicted molar refractivity (Wildman–Crippen MR) is 108 cm³/mol. The van der Waals surface area contributed by atoms with E-state index in [-0.39, 0.29) is 5.91 Å². The Hall–Kier alpha value is -3.11. The van der Waals surface area contributed by atoms with Gasteiger partial charge in [0, 0.05) is 21.8 Å². The SMILES string of the molecule is Cc1ccc(-c2nc3cc(NC(=O)c4ccc(Cl)cc4)ccc3o2)cc1C. The van der Waals surface area contributed by atoms with Crippen molar-refractivity contribution in [1.29, 1.82) is 0 Å². The molecule has 0 saturated carbocycles. The monoisotopic (exact) mass is 376 g/mol. The Bertz CT molecular complexity index is 1150. The number of anilines is 1. The van der Waals surface area contributed by atoms with Crippen molar-refractivity contribution in [1.82, 2.24) is 4.98 Å². The molecule has 134 valence electrons. The first kappa shape index (κ1) is 17.3. The second-order valence-corrected chi connectivity index (χ2v) is 6.90.